The third kappa shape index (κ3) is 3.86. The number of aliphatic hydroxyl groups excluding tert-OH is 1. The summed E-state index contributed by atoms with van der Waals surface area (Å²) in [5.41, 5.74) is 0.400. The molecule has 0 saturated carbocycles. The van der Waals surface area contributed by atoms with Crippen molar-refractivity contribution in [1.82, 2.24) is 20.1 Å². The molecule has 0 bridgehead atoms. The number of hydrogen-bond donors (Lipinski definition) is 2. The Labute approximate surface area is 194 Å². The van der Waals surface area contributed by atoms with Crippen LogP contribution in [-0.2, 0) is 22.7 Å². The number of nitrogens with one attached hydrogen (secondary N) is 1. The van der Waals surface area contributed by atoms with E-state index in [1.807, 2.05) is 4.90 Å². The standard InChI is InChI=1S/C24H24F2N4O4/c25-20-14(10-29-8-6-13(9-29)12-31)5-7-27-22(20)16-2-1-15-17(21(16)26)11-30(24(15)34)18-3-4-19(32)28-23(18)33/h1-2,5,7,13,18,31H,3-4,6,8-12H2,(H,28,32,33)/t13-,18?/m0/s1. The molecule has 1 unspecified atom stereocenters. The van der Waals surface area contributed by atoms with Gasteiger partial charge in [-0.3, -0.25) is 29.6 Å². The SMILES string of the molecule is O=C1CCC(N2Cc3c(ccc(-c4nccc(CN5CC[C@H](CO)C5)c4F)c3F)C2=O)C(=O)N1. The Balaban J connectivity index is 1.42. The summed E-state index contributed by atoms with van der Waals surface area (Å²) >= 11 is 0. The number of likely N-dealkylation sites (tertiary alicyclic amines) is 1. The quantitative estimate of drug-likeness (QED) is 0.644. The van der Waals surface area contributed by atoms with Gasteiger partial charge in [-0.2, -0.15) is 0 Å². The minimum Gasteiger partial charge on any atom is -0.396 e. The molecule has 1 aromatic heterocycles. The molecule has 8 nitrogen and oxygen atoms in total. The van der Waals surface area contributed by atoms with E-state index in [-0.39, 0.29) is 54.3 Å². The van der Waals surface area contributed by atoms with Crippen LogP contribution in [0.2, 0.25) is 0 Å². The monoisotopic (exact) mass is 470 g/mol. The first-order chi connectivity index (χ1) is 16.4. The average Bonchev–Trinajstić information content (AvgIpc) is 3.41. The molecule has 2 saturated heterocycles. The van der Waals surface area contributed by atoms with E-state index >= 15 is 8.78 Å². The molecule has 5 rings (SSSR count). The number of carbonyl (C=O) groups excluding carboxylic acids is 3. The molecule has 3 aliphatic heterocycles. The number of nitrogens with zero attached hydrogens (tertiary/aromatic N) is 3. The van der Waals surface area contributed by atoms with E-state index in [0.717, 1.165) is 13.0 Å². The van der Waals surface area contributed by atoms with Gasteiger partial charge in [0.2, 0.25) is 11.8 Å². The molecule has 3 aliphatic rings. The van der Waals surface area contributed by atoms with Crippen molar-refractivity contribution in [3.63, 3.8) is 0 Å². The van der Waals surface area contributed by atoms with Crippen molar-refractivity contribution in [2.24, 2.45) is 5.92 Å². The number of halogens is 2. The zero-order valence-electron chi connectivity index (χ0n) is 18.4. The summed E-state index contributed by atoms with van der Waals surface area (Å²) in [5.74, 6) is -2.68. The van der Waals surface area contributed by atoms with Crippen LogP contribution < -0.4 is 5.32 Å². The van der Waals surface area contributed by atoms with Crippen LogP contribution in [0.1, 0.15) is 40.7 Å². The Hall–Kier alpha value is -3.24. The van der Waals surface area contributed by atoms with Gasteiger partial charge < -0.3 is 10.0 Å². The number of benzene rings is 1. The van der Waals surface area contributed by atoms with Crippen molar-refractivity contribution < 1.29 is 28.3 Å². The molecular weight excluding hydrogens is 446 g/mol. The van der Waals surface area contributed by atoms with Gasteiger partial charge in [0.15, 0.2) is 5.82 Å². The molecule has 0 radical (unpaired) electrons. The maximum atomic E-state index is 15.6. The fourth-order valence-electron chi connectivity index (χ4n) is 5.03. The minimum atomic E-state index is -0.859. The molecule has 1 aromatic carbocycles. The largest absolute Gasteiger partial charge is 0.396 e. The van der Waals surface area contributed by atoms with Crippen molar-refractivity contribution in [3.8, 4) is 11.3 Å². The lowest BCUT2D eigenvalue weighted by molar-refractivity contribution is -0.136. The third-order valence-corrected chi connectivity index (χ3v) is 6.90. The predicted octanol–water partition coefficient (Wildman–Crippen LogP) is 1.60. The van der Waals surface area contributed by atoms with E-state index in [0.29, 0.717) is 18.7 Å². The Bertz CT molecular complexity index is 1190. The Morgan fingerprint density at radius 3 is 2.62 bits per heavy atom. The van der Waals surface area contributed by atoms with Crippen LogP contribution in [0.3, 0.4) is 0 Å². The highest BCUT2D eigenvalue weighted by Crippen LogP contribution is 2.35. The number of hydrogen-bond acceptors (Lipinski definition) is 6. The van der Waals surface area contributed by atoms with Crippen LogP contribution in [0.4, 0.5) is 8.78 Å². The van der Waals surface area contributed by atoms with Gasteiger partial charge in [0.1, 0.15) is 17.6 Å². The highest BCUT2D eigenvalue weighted by atomic mass is 19.1. The number of rotatable bonds is 5. The second-order valence-corrected chi connectivity index (χ2v) is 9.06. The minimum absolute atomic E-state index is 0.0503. The number of imide groups is 1. The van der Waals surface area contributed by atoms with E-state index < -0.39 is 35.4 Å². The van der Waals surface area contributed by atoms with Gasteiger partial charge in [-0.1, -0.05) is 0 Å². The number of piperidine rings is 1. The smallest absolute Gasteiger partial charge is 0.255 e. The zero-order chi connectivity index (χ0) is 24.0. The van der Waals surface area contributed by atoms with Crippen LogP contribution in [0, 0.1) is 17.6 Å². The molecule has 2 atom stereocenters. The third-order valence-electron chi connectivity index (χ3n) is 6.90. The normalized spacial score (nSPS) is 22.9. The molecule has 2 fully saturated rings. The van der Waals surface area contributed by atoms with Crippen LogP contribution in [0.25, 0.3) is 11.3 Å². The molecule has 0 spiro atoms. The lowest BCUT2D eigenvalue weighted by atomic mass is 10.0. The fraction of sp³-hybridized carbons (Fsp3) is 0.417. The highest BCUT2D eigenvalue weighted by Gasteiger charge is 2.40. The van der Waals surface area contributed by atoms with Crippen molar-refractivity contribution >= 4 is 17.7 Å². The number of aromatic nitrogens is 1. The predicted molar refractivity (Wildman–Crippen MR) is 116 cm³/mol. The Morgan fingerprint density at radius 2 is 1.88 bits per heavy atom. The zero-order valence-corrected chi connectivity index (χ0v) is 18.4. The van der Waals surface area contributed by atoms with Crippen molar-refractivity contribution in [1.29, 1.82) is 0 Å². The molecule has 34 heavy (non-hydrogen) atoms. The van der Waals surface area contributed by atoms with Crippen LogP contribution in [0.5, 0.6) is 0 Å². The van der Waals surface area contributed by atoms with E-state index in [2.05, 4.69) is 10.3 Å². The first kappa shape index (κ1) is 22.5. The average molecular weight is 470 g/mol. The van der Waals surface area contributed by atoms with E-state index in [9.17, 15) is 19.5 Å². The maximum Gasteiger partial charge on any atom is 0.255 e. The van der Waals surface area contributed by atoms with E-state index in [1.54, 1.807) is 6.07 Å². The molecular formula is C24H24F2N4O4. The van der Waals surface area contributed by atoms with Gasteiger partial charge in [0, 0.05) is 54.6 Å². The summed E-state index contributed by atoms with van der Waals surface area (Å²) in [6.45, 7) is 1.69. The number of amides is 3. The van der Waals surface area contributed by atoms with Crippen LogP contribution in [0.15, 0.2) is 24.4 Å². The summed E-state index contributed by atoms with van der Waals surface area (Å²) in [6, 6.07) is 3.47. The number of fused-ring (bicyclic) bond motifs is 1. The van der Waals surface area contributed by atoms with E-state index in [1.165, 1.54) is 23.2 Å². The topological polar surface area (TPSA) is 103 Å². The van der Waals surface area contributed by atoms with Gasteiger partial charge in [-0.25, -0.2) is 8.78 Å². The van der Waals surface area contributed by atoms with Crippen molar-refractivity contribution in [2.75, 3.05) is 19.7 Å². The van der Waals surface area contributed by atoms with Crippen LogP contribution >= 0.6 is 0 Å². The van der Waals surface area contributed by atoms with Gasteiger partial charge >= 0.3 is 0 Å². The second kappa shape index (κ2) is 8.84. The number of pyridine rings is 1. The molecule has 178 valence electrons. The second-order valence-electron chi connectivity index (χ2n) is 9.06. The van der Waals surface area contributed by atoms with Crippen molar-refractivity contribution in [2.45, 2.75) is 38.4 Å². The summed E-state index contributed by atoms with van der Waals surface area (Å²) < 4.78 is 31.0. The molecule has 2 N–H and O–H groups in total. The Kier molecular flexibility index (Phi) is 5.86. The lowest BCUT2D eigenvalue weighted by Crippen LogP contribution is -2.52. The van der Waals surface area contributed by atoms with Gasteiger partial charge in [-0.05, 0) is 43.5 Å². The molecule has 0 aliphatic carbocycles. The first-order valence-corrected chi connectivity index (χ1v) is 11.3. The van der Waals surface area contributed by atoms with Gasteiger partial charge in [-0.15, -0.1) is 0 Å². The Morgan fingerprint density at radius 1 is 1.09 bits per heavy atom. The first-order valence-electron chi connectivity index (χ1n) is 11.3. The fourth-order valence-corrected chi connectivity index (χ4v) is 5.03. The van der Waals surface area contributed by atoms with Gasteiger partial charge in [0.05, 0.1) is 6.54 Å². The summed E-state index contributed by atoms with van der Waals surface area (Å²) in [7, 11) is 0. The van der Waals surface area contributed by atoms with Gasteiger partial charge in [0.25, 0.3) is 5.91 Å². The van der Waals surface area contributed by atoms with Crippen LogP contribution in [-0.4, -0.2) is 63.4 Å². The lowest BCUT2D eigenvalue weighted by Gasteiger charge is -2.29. The number of carbonyl (C=O) groups is 3. The maximum absolute atomic E-state index is 15.6. The van der Waals surface area contributed by atoms with E-state index in [4.69, 9.17) is 0 Å². The molecule has 4 heterocycles. The summed E-state index contributed by atoms with van der Waals surface area (Å²) in [5, 5.41) is 11.5. The summed E-state index contributed by atoms with van der Waals surface area (Å²) in [4.78, 5) is 43.9. The highest BCUT2D eigenvalue weighted by molar-refractivity contribution is 6.05. The molecule has 10 heteroatoms. The van der Waals surface area contributed by atoms with Crippen molar-refractivity contribution in [3.05, 3.63) is 52.7 Å². The number of aliphatic hydroxyl groups is 1. The molecule has 2 aromatic rings. The summed E-state index contributed by atoms with van der Waals surface area (Å²) in [6.07, 6.45) is 2.54. The molecule has 3 amide bonds.